The van der Waals surface area contributed by atoms with Crippen molar-refractivity contribution in [3.63, 3.8) is 0 Å². The molecule has 1 fully saturated rings. The molecule has 4 nitrogen and oxygen atoms in total. The molecule has 0 saturated carbocycles. The van der Waals surface area contributed by atoms with E-state index in [0.29, 0.717) is 12.6 Å². The van der Waals surface area contributed by atoms with Gasteiger partial charge in [-0.25, -0.2) is 4.98 Å². The first-order valence-electron chi connectivity index (χ1n) is 5.82. The van der Waals surface area contributed by atoms with E-state index < -0.39 is 0 Å². The average molecular weight is 241 g/mol. The number of rotatable bonds is 6. The summed E-state index contributed by atoms with van der Waals surface area (Å²) in [4.78, 5) is 4.24. The molecule has 1 saturated heterocycles. The number of thiazole rings is 1. The van der Waals surface area contributed by atoms with Crippen molar-refractivity contribution in [3.05, 3.63) is 16.6 Å². The summed E-state index contributed by atoms with van der Waals surface area (Å²) in [6.45, 7) is 2.55. The Morgan fingerprint density at radius 3 is 3.06 bits per heavy atom. The van der Waals surface area contributed by atoms with E-state index in [4.69, 9.17) is 10.5 Å². The van der Waals surface area contributed by atoms with E-state index in [1.165, 1.54) is 5.69 Å². The van der Waals surface area contributed by atoms with Crippen LogP contribution >= 0.6 is 11.3 Å². The molecular formula is C11H19N3OS. The first-order chi connectivity index (χ1) is 7.88. The highest BCUT2D eigenvalue weighted by molar-refractivity contribution is 7.07. The highest BCUT2D eigenvalue weighted by Gasteiger charge is 2.23. The molecule has 2 unspecified atom stereocenters. The van der Waals surface area contributed by atoms with Crippen LogP contribution in [-0.4, -0.2) is 36.8 Å². The highest BCUT2D eigenvalue weighted by Crippen LogP contribution is 2.17. The van der Waals surface area contributed by atoms with Gasteiger partial charge in [-0.15, -0.1) is 11.3 Å². The highest BCUT2D eigenvalue weighted by atomic mass is 32.1. The maximum atomic E-state index is 5.75. The maximum absolute atomic E-state index is 5.75. The molecule has 1 aromatic rings. The van der Waals surface area contributed by atoms with Gasteiger partial charge in [0.2, 0.25) is 0 Å². The van der Waals surface area contributed by atoms with E-state index in [0.717, 1.165) is 32.4 Å². The zero-order valence-corrected chi connectivity index (χ0v) is 10.2. The van der Waals surface area contributed by atoms with Crippen LogP contribution < -0.4 is 11.1 Å². The summed E-state index contributed by atoms with van der Waals surface area (Å²) in [5.74, 6) is 0. The van der Waals surface area contributed by atoms with Crippen molar-refractivity contribution in [1.82, 2.24) is 10.3 Å². The zero-order valence-electron chi connectivity index (χ0n) is 9.39. The van der Waals surface area contributed by atoms with Crippen molar-refractivity contribution < 1.29 is 4.74 Å². The molecule has 1 aromatic heterocycles. The van der Waals surface area contributed by atoms with Crippen LogP contribution in [0.15, 0.2) is 10.9 Å². The average Bonchev–Trinajstić information content (AvgIpc) is 2.95. The lowest BCUT2D eigenvalue weighted by Crippen LogP contribution is -2.30. The molecule has 0 aromatic carbocycles. The zero-order chi connectivity index (χ0) is 11.2. The van der Waals surface area contributed by atoms with Gasteiger partial charge in [-0.3, -0.25) is 0 Å². The van der Waals surface area contributed by atoms with Crippen LogP contribution in [-0.2, 0) is 11.2 Å². The minimum absolute atomic E-state index is 0.283. The second-order valence-corrected chi connectivity index (χ2v) is 4.85. The Balaban J connectivity index is 1.55. The van der Waals surface area contributed by atoms with Crippen LogP contribution in [0.25, 0.3) is 0 Å². The maximum Gasteiger partial charge on any atom is 0.0794 e. The first kappa shape index (κ1) is 12.0. The van der Waals surface area contributed by atoms with Crippen molar-refractivity contribution in [3.8, 4) is 0 Å². The van der Waals surface area contributed by atoms with E-state index in [9.17, 15) is 0 Å². The van der Waals surface area contributed by atoms with Crippen molar-refractivity contribution >= 4 is 11.3 Å². The fraction of sp³-hybridized carbons (Fsp3) is 0.727. The third-order valence-electron chi connectivity index (χ3n) is 2.87. The predicted octanol–water partition coefficient (Wildman–Crippen LogP) is 0.781. The van der Waals surface area contributed by atoms with Gasteiger partial charge in [0.1, 0.15) is 0 Å². The van der Waals surface area contributed by atoms with Gasteiger partial charge in [0.05, 0.1) is 23.4 Å². The predicted molar refractivity (Wildman–Crippen MR) is 65.6 cm³/mol. The third-order valence-corrected chi connectivity index (χ3v) is 3.51. The molecule has 0 amide bonds. The van der Waals surface area contributed by atoms with E-state index in [1.54, 1.807) is 11.3 Å². The van der Waals surface area contributed by atoms with Crippen molar-refractivity contribution in [2.24, 2.45) is 5.73 Å². The van der Waals surface area contributed by atoms with Crippen LogP contribution in [0.4, 0.5) is 0 Å². The van der Waals surface area contributed by atoms with Gasteiger partial charge in [0, 0.05) is 31.4 Å². The molecule has 1 aliphatic heterocycles. The lowest BCUT2D eigenvalue weighted by molar-refractivity contribution is 0.0507. The Morgan fingerprint density at radius 1 is 1.50 bits per heavy atom. The first-order valence-corrected chi connectivity index (χ1v) is 6.76. The molecule has 0 radical (unpaired) electrons. The number of nitrogens with zero attached hydrogens (tertiary/aromatic N) is 1. The second kappa shape index (κ2) is 6.30. The Bertz CT molecular complexity index is 291. The SMILES string of the molecule is NCC1CCC(CNCCc2cscn2)O1. The van der Waals surface area contributed by atoms with E-state index in [2.05, 4.69) is 15.7 Å². The molecule has 0 aliphatic carbocycles. The topological polar surface area (TPSA) is 60.2 Å². The molecule has 0 spiro atoms. The Labute approximate surface area is 100 Å². The molecule has 16 heavy (non-hydrogen) atoms. The summed E-state index contributed by atoms with van der Waals surface area (Å²) in [6, 6.07) is 0. The number of nitrogens with one attached hydrogen (secondary N) is 1. The minimum Gasteiger partial charge on any atom is -0.372 e. The number of aromatic nitrogens is 1. The van der Waals surface area contributed by atoms with Gasteiger partial charge >= 0.3 is 0 Å². The molecule has 3 N–H and O–H groups in total. The standard InChI is InChI=1S/C11H19N3OS/c12-5-10-1-2-11(15-10)6-13-4-3-9-7-16-8-14-9/h7-8,10-11,13H,1-6,12H2. The second-order valence-electron chi connectivity index (χ2n) is 4.13. The van der Waals surface area contributed by atoms with E-state index in [1.807, 2.05) is 5.51 Å². The molecule has 2 atom stereocenters. The normalized spacial score (nSPS) is 25.1. The largest absolute Gasteiger partial charge is 0.372 e. The fourth-order valence-electron chi connectivity index (χ4n) is 1.94. The Hall–Kier alpha value is -0.490. The lowest BCUT2D eigenvalue weighted by Gasteiger charge is -2.12. The number of hydrogen-bond donors (Lipinski definition) is 2. The van der Waals surface area contributed by atoms with Crippen molar-refractivity contribution in [2.75, 3.05) is 19.6 Å². The van der Waals surface area contributed by atoms with Gasteiger partial charge < -0.3 is 15.8 Å². The fourth-order valence-corrected chi connectivity index (χ4v) is 2.54. The molecule has 5 heteroatoms. The smallest absolute Gasteiger partial charge is 0.0794 e. The van der Waals surface area contributed by atoms with Gasteiger partial charge in [-0.05, 0) is 12.8 Å². The quantitative estimate of drug-likeness (QED) is 0.723. The third kappa shape index (κ3) is 3.52. The summed E-state index contributed by atoms with van der Waals surface area (Å²) in [5, 5.41) is 5.50. The van der Waals surface area contributed by atoms with E-state index >= 15 is 0 Å². The number of ether oxygens (including phenoxy) is 1. The van der Waals surface area contributed by atoms with Gasteiger partial charge in [0.25, 0.3) is 0 Å². The van der Waals surface area contributed by atoms with Gasteiger partial charge in [-0.2, -0.15) is 0 Å². The van der Waals surface area contributed by atoms with Crippen LogP contribution in [0, 0.1) is 0 Å². The summed E-state index contributed by atoms with van der Waals surface area (Å²) in [6.07, 6.45) is 3.87. The molecular weight excluding hydrogens is 222 g/mol. The summed E-state index contributed by atoms with van der Waals surface area (Å²) >= 11 is 1.65. The van der Waals surface area contributed by atoms with E-state index in [-0.39, 0.29) is 6.10 Å². The monoisotopic (exact) mass is 241 g/mol. The summed E-state index contributed by atoms with van der Waals surface area (Å²) in [7, 11) is 0. The van der Waals surface area contributed by atoms with Crippen LogP contribution in [0.2, 0.25) is 0 Å². The van der Waals surface area contributed by atoms with Gasteiger partial charge in [-0.1, -0.05) is 0 Å². The molecule has 90 valence electrons. The van der Waals surface area contributed by atoms with Crippen LogP contribution in [0.5, 0.6) is 0 Å². The van der Waals surface area contributed by atoms with Crippen molar-refractivity contribution in [2.45, 2.75) is 31.5 Å². The molecule has 0 bridgehead atoms. The number of nitrogens with two attached hydrogens (primary N) is 1. The molecule has 1 aliphatic rings. The summed E-state index contributed by atoms with van der Waals surface area (Å²) in [5.41, 5.74) is 8.61. The minimum atomic E-state index is 0.283. The molecule has 2 rings (SSSR count). The van der Waals surface area contributed by atoms with Gasteiger partial charge in [0.15, 0.2) is 0 Å². The number of hydrogen-bond acceptors (Lipinski definition) is 5. The Morgan fingerprint density at radius 2 is 2.38 bits per heavy atom. The van der Waals surface area contributed by atoms with Crippen LogP contribution in [0.1, 0.15) is 18.5 Å². The molecule has 2 heterocycles. The summed E-state index contributed by atoms with van der Waals surface area (Å²) < 4.78 is 5.75. The van der Waals surface area contributed by atoms with Crippen molar-refractivity contribution in [1.29, 1.82) is 0 Å². The lowest BCUT2D eigenvalue weighted by atomic mass is 10.2. The van der Waals surface area contributed by atoms with Crippen LogP contribution in [0.3, 0.4) is 0 Å². The Kier molecular flexibility index (Phi) is 4.71.